The molecule has 0 amide bonds. The lowest BCUT2D eigenvalue weighted by molar-refractivity contribution is -0.191. The highest BCUT2D eigenvalue weighted by Gasteiger charge is 2.19. The second-order valence-electron chi connectivity index (χ2n) is 8.00. The number of aromatic nitrogens is 2. The van der Waals surface area contributed by atoms with E-state index in [4.69, 9.17) is 19.3 Å². The van der Waals surface area contributed by atoms with E-state index in [-0.39, 0.29) is 18.0 Å². The van der Waals surface area contributed by atoms with Gasteiger partial charge in [0.05, 0.1) is 24.0 Å². The second-order valence-corrected chi connectivity index (χ2v) is 8.84. The Balaban J connectivity index is 0.000000968. The summed E-state index contributed by atoms with van der Waals surface area (Å²) >= 11 is 1.70. The van der Waals surface area contributed by atoms with Crippen molar-refractivity contribution >= 4 is 28.4 Å². The van der Waals surface area contributed by atoms with Gasteiger partial charge >= 0.3 is 6.15 Å². The molecule has 1 aliphatic heterocycles. The van der Waals surface area contributed by atoms with Gasteiger partial charge < -0.3 is 14.2 Å². The fraction of sp³-hybridized carbons (Fsp3) is 0.400. The first kappa shape index (κ1) is 24.6. The van der Waals surface area contributed by atoms with Crippen molar-refractivity contribution in [3.8, 4) is 0 Å². The van der Waals surface area contributed by atoms with Gasteiger partial charge in [0.2, 0.25) is 0 Å². The van der Waals surface area contributed by atoms with Crippen LogP contribution in [0.5, 0.6) is 0 Å². The molecule has 0 bridgehead atoms. The van der Waals surface area contributed by atoms with Crippen molar-refractivity contribution in [3.05, 3.63) is 70.5 Å². The molecule has 1 atom stereocenters. The Kier molecular flexibility index (Phi) is 9.13. The largest absolute Gasteiger partial charge is 0.377 e. The number of carbonyl (C=O) groups excluding carboxylic acids is 3. The van der Waals surface area contributed by atoms with Crippen LogP contribution in [0.15, 0.2) is 48.0 Å². The third kappa shape index (κ3) is 6.71. The van der Waals surface area contributed by atoms with Crippen LogP contribution in [0.4, 0.5) is 5.13 Å². The SMILES string of the molecule is COC(C)c1cc(C(=O)Cc2ccccc2)n(Cc2csc(N3CCCCC3)n2)c1.O=C=O. The van der Waals surface area contributed by atoms with E-state index >= 15 is 0 Å². The zero-order valence-corrected chi connectivity index (χ0v) is 19.8. The molecule has 3 aromatic rings. The van der Waals surface area contributed by atoms with E-state index < -0.39 is 0 Å². The van der Waals surface area contributed by atoms with E-state index in [1.807, 2.05) is 54.1 Å². The maximum absolute atomic E-state index is 13.1. The van der Waals surface area contributed by atoms with Crippen molar-refractivity contribution < 1.29 is 19.1 Å². The molecule has 1 fully saturated rings. The molecular weight excluding hydrogens is 438 g/mol. The molecule has 33 heavy (non-hydrogen) atoms. The Morgan fingerprint density at radius 2 is 1.88 bits per heavy atom. The molecule has 0 N–H and O–H groups in total. The Morgan fingerprint density at radius 3 is 2.55 bits per heavy atom. The van der Waals surface area contributed by atoms with Gasteiger partial charge in [-0.05, 0) is 43.4 Å². The molecule has 7 nitrogen and oxygen atoms in total. The Morgan fingerprint density at radius 1 is 1.18 bits per heavy atom. The van der Waals surface area contributed by atoms with Crippen LogP contribution in [0, 0.1) is 0 Å². The Hall–Kier alpha value is -3.06. The minimum atomic E-state index is -0.0612. The van der Waals surface area contributed by atoms with Gasteiger partial charge in [-0.1, -0.05) is 30.3 Å². The van der Waals surface area contributed by atoms with Crippen LogP contribution in [-0.2, 0) is 27.3 Å². The Bertz CT molecular complexity index is 1060. The first-order valence-corrected chi connectivity index (χ1v) is 11.9. The number of Topliss-reactive ketones (excluding diaryl/α,β-unsaturated/α-hetero) is 1. The molecule has 0 spiro atoms. The highest BCUT2D eigenvalue weighted by Crippen LogP contribution is 2.26. The molecule has 0 radical (unpaired) electrons. The number of ketones is 1. The predicted molar refractivity (Wildman–Crippen MR) is 127 cm³/mol. The number of hydrogen-bond acceptors (Lipinski definition) is 7. The lowest BCUT2D eigenvalue weighted by atomic mass is 10.1. The first-order chi connectivity index (χ1) is 16.0. The minimum Gasteiger partial charge on any atom is -0.377 e. The Labute approximate surface area is 198 Å². The smallest absolute Gasteiger partial charge is 0.373 e. The quantitative estimate of drug-likeness (QED) is 0.453. The van der Waals surface area contributed by atoms with Gasteiger partial charge in [0.15, 0.2) is 10.9 Å². The van der Waals surface area contributed by atoms with Crippen LogP contribution >= 0.6 is 11.3 Å². The average molecular weight is 468 g/mol. The van der Waals surface area contributed by atoms with E-state index in [1.54, 1.807) is 18.4 Å². The van der Waals surface area contributed by atoms with Crippen LogP contribution in [0.1, 0.15) is 59.6 Å². The summed E-state index contributed by atoms with van der Waals surface area (Å²) in [6, 6.07) is 11.9. The fourth-order valence-electron chi connectivity index (χ4n) is 3.90. The standard InChI is InChI=1S/C24H29N3O2S.CO2/c1-18(29-2)20-14-22(23(28)13-19-9-5-3-6-10-19)27(15-20)16-21-17-30-24(25-21)26-11-7-4-8-12-26;2-1-3/h3,5-6,9-10,14-15,17-18H,4,7-8,11-13,16H2,1-2H3;. The number of benzene rings is 1. The summed E-state index contributed by atoms with van der Waals surface area (Å²) < 4.78 is 7.52. The summed E-state index contributed by atoms with van der Waals surface area (Å²) in [6.45, 7) is 4.78. The van der Waals surface area contributed by atoms with E-state index in [9.17, 15) is 4.79 Å². The molecule has 0 saturated carbocycles. The molecule has 0 aliphatic carbocycles. The zero-order chi connectivity index (χ0) is 23.6. The van der Waals surface area contributed by atoms with Gasteiger partial charge in [-0.25, -0.2) is 4.98 Å². The van der Waals surface area contributed by atoms with Crippen LogP contribution in [0.2, 0.25) is 0 Å². The van der Waals surface area contributed by atoms with E-state index in [0.29, 0.717) is 18.7 Å². The number of rotatable bonds is 8. The highest BCUT2D eigenvalue weighted by atomic mass is 32.1. The minimum absolute atomic E-state index is 0.0612. The summed E-state index contributed by atoms with van der Waals surface area (Å²) in [5.74, 6) is 0.113. The number of carbonyl (C=O) groups is 1. The normalized spacial score (nSPS) is 14.2. The highest BCUT2D eigenvalue weighted by molar-refractivity contribution is 7.13. The van der Waals surface area contributed by atoms with Gasteiger partial charge in [0.1, 0.15) is 0 Å². The van der Waals surface area contributed by atoms with Crippen LogP contribution < -0.4 is 4.90 Å². The van der Waals surface area contributed by atoms with Crippen LogP contribution in [-0.4, -0.2) is 41.7 Å². The van der Waals surface area contributed by atoms with Gasteiger partial charge in [0, 0.05) is 38.2 Å². The molecule has 8 heteroatoms. The van der Waals surface area contributed by atoms with Gasteiger partial charge in [-0.2, -0.15) is 9.59 Å². The molecule has 4 rings (SSSR count). The first-order valence-electron chi connectivity index (χ1n) is 11.0. The van der Waals surface area contributed by atoms with E-state index in [0.717, 1.165) is 35.0 Å². The average Bonchev–Trinajstić information content (AvgIpc) is 3.48. The molecule has 1 aliphatic rings. The third-order valence-corrected chi connectivity index (χ3v) is 6.68. The monoisotopic (exact) mass is 467 g/mol. The van der Waals surface area contributed by atoms with Crippen molar-refractivity contribution in [2.75, 3.05) is 25.1 Å². The predicted octanol–water partition coefficient (Wildman–Crippen LogP) is 4.53. The van der Waals surface area contributed by atoms with Gasteiger partial charge in [-0.3, -0.25) is 4.79 Å². The summed E-state index contributed by atoms with van der Waals surface area (Å²) in [4.78, 5) is 36.6. The molecule has 3 heterocycles. The van der Waals surface area contributed by atoms with E-state index in [2.05, 4.69) is 10.3 Å². The summed E-state index contributed by atoms with van der Waals surface area (Å²) in [5, 5.41) is 3.22. The fourth-order valence-corrected chi connectivity index (χ4v) is 4.77. The summed E-state index contributed by atoms with van der Waals surface area (Å²) in [5.41, 5.74) is 3.75. The maximum atomic E-state index is 13.1. The molecule has 1 saturated heterocycles. The van der Waals surface area contributed by atoms with Crippen LogP contribution in [0.25, 0.3) is 0 Å². The number of nitrogens with zero attached hydrogens (tertiary/aromatic N) is 3. The third-order valence-electron chi connectivity index (χ3n) is 5.73. The van der Waals surface area contributed by atoms with Crippen LogP contribution in [0.3, 0.4) is 0 Å². The summed E-state index contributed by atoms with van der Waals surface area (Å²) in [6.07, 6.45) is 6.40. The number of piperidine rings is 1. The number of anilines is 1. The lowest BCUT2D eigenvalue weighted by Gasteiger charge is -2.25. The van der Waals surface area contributed by atoms with E-state index in [1.165, 1.54) is 19.3 Å². The topological polar surface area (TPSA) is 81.5 Å². The van der Waals surface area contributed by atoms with Crippen molar-refractivity contribution in [2.24, 2.45) is 0 Å². The number of methoxy groups -OCH3 is 1. The number of ether oxygens (including phenoxy) is 1. The second kappa shape index (κ2) is 12.3. The van der Waals surface area contributed by atoms with Crippen molar-refractivity contribution in [2.45, 2.75) is 45.3 Å². The molecule has 1 aromatic carbocycles. The number of hydrogen-bond donors (Lipinski definition) is 0. The van der Waals surface area contributed by atoms with Crippen molar-refractivity contribution in [1.82, 2.24) is 9.55 Å². The maximum Gasteiger partial charge on any atom is 0.373 e. The number of thiazole rings is 1. The van der Waals surface area contributed by atoms with Crippen molar-refractivity contribution in [3.63, 3.8) is 0 Å². The molecule has 1 unspecified atom stereocenters. The van der Waals surface area contributed by atoms with Crippen molar-refractivity contribution in [1.29, 1.82) is 0 Å². The zero-order valence-electron chi connectivity index (χ0n) is 19.0. The molecular formula is C25H29N3O4S. The summed E-state index contributed by atoms with van der Waals surface area (Å²) in [7, 11) is 1.69. The van der Waals surface area contributed by atoms with Gasteiger partial charge in [0.25, 0.3) is 0 Å². The van der Waals surface area contributed by atoms with Gasteiger partial charge in [-0.15, -0.1) is 11.3 Å². The molecule has 174 valence electrons. The molecule has 2 aromatic heterocycles. The lowest BCUT2D eigenvalue weighted by Crippen LogP contribution is -2.29.